The normalized spacial score (nSPS) is 15.0. The third-order valence-corrected chi connectivity index (χ3v) is 4.50. The molecule has 3 aromatic rings. The van der Waals surface area contributed by atoms with Crippen LogP contribution < -0.4 is 15.0 Å². The Hall–Kier alpha value is -2.24. The molecule has 6 heteroatoms. The Bertz CT molecular complexity index is 843. The van der Waals surface area contributed by atoms with Gasteiger partial charge >= 0.3 is 0 Å². The minimum absolute atomic E-state index is 0.388. The summed E-state index contributed by atoms with van der Waals surface area (Å²) in [4.78, 5) is 6.88. The van der Waals surface area contributed by atoms with Gasteiger partial charge in [-0.05, 0) is 18.2 Å². The number of rotatable bonds is 4. The van der Waals surface area contributed by atoms with Crippen LogP contribution in [0.2, 0.25) is 5.02 Å². The Kier molecular flexibility index (Phi) is 4.28. The van der Waals surface area contributed by atoms with E-state index < -0.39 is 0 Å². The van der Waals surface area contributed by atoms with E-state index in [-0.39, 0.29) is 0 Å². The third kappa shape index (κ3) is 3.05. The van der Waals surface area contributed by atoms with Gasteiger partial charge in [0.15, 0.2) is 0 Å². The Morgan fingerprint density at radius 3 is 2.92 bits per heavy atom. The molecule has 0 spiro atoms. The molecule has 124 valence electrons. The van der Waals surface area contributed by atoms with Gasteiger partial charge in [-0.2, -0.15) is 4.98 Å². The van der Waals surface area contributed by atoms with E-state index >= 15 is 0 Å². The SMILES string of the molecule is Clc1ccc(COc2cccc(N3CCNCC3)n2)c2occc12. The number of halogens is 1. The van der Waals surface area contributed by atoms with Gasteiger partial charge in [0.25, 0.3) is 0 Å². The van der Waals surface area contributed by atoms with Crippen molar-refractivity contribution in [2.45, 2.75) is 6.61 Å². The van der Waals surface area contributed by atoms with Gasteiger partial charge in [-0.1, -0.05) is 23.7 Å². The molecule has 0 radical (unpaired) electrons. The van der Waals surface area contributed by atoms with Crippen LogP contribution in [-0.4, -0.2) is 31.2 Å². The first kappa shape index (κ1) is 15.3. The van der Waals surface area contributed by atoms with Crippen LogP contribution in [0.3, 0.4) is 0 Å². The van der Waals surface area contributed by atoms with Crippen LogP contribution >= 0.6 is 11.6 Å². The highest BCUT2D eigenvalue weighted by molar-refractivity contribution is 6.35. The summed E-state index contributed by atoms with van der Waals surface area (Å²) < 4.78 is 11.4. The van der Waals surface area contributed by atoms with Crippen molar-refractivity contribution in [1.82, 2.24) is 10.3 Å². The maximum absolute atomic E-state index is 6.17. The molecule has 3 heterocycles. The van der Waals surface area contributed by atoms with E-state index in [1.54, 1.807) is 6.26 Å². The minimum atomic E-state index is 0.388. The number of aromatic nitrogens is 1. The van der Waals surface area contributed by atoms with Gasteiger partial charge in [-0.3, -0.25) is 0 Å². The molecule has 0 unspecified atom stereocenters. The molecule has 0 aliphatic carbocycles. The lowest BCUT2D eigenvalue weighted by atomic mass is 10.1. The second kappa shape index (κ2) is 6.71. The number of ether oxygens (including phenoxy) is 1. The molecule has 1 N–H and O–H groups in total. The molecule has 5 nitrogen and oxygen atoms in total. The van der Waals surface area contributed by atoms with Gasteiger partial charge in [0, 0.05) is 43.2 Å². The molecule has 2 aromatic heterocycles. The fourth-order valence-electron chi connectivity index (χ4n) is 2.90. The molecule has 0 amide bonds. The van der Waals surface area contributed by atoms with Crippen LogP contribution in [0, 0.1) is 0 Å². The van der Waals surface area contributed by atoms with Gasteiger partial charge in [0.2, 0.25) is 5.88 Å². The Morgan fingerprint density at radius 1 is 1.17 bits per heavy atom. The smallest absolute Gasteiger partial charge is 0.215 e. The van der Waals surface area contributed by atoms with E-state index in [0.717, 1.165) is 48.5 Å². The summed E-state index contributed by atoms with van der Waals surface area (Å²) >= 11 is 6.17. The fourth-order valence-corrected chi connectivity index (χ4v) is 3.12. The van der Waals surface area contributed by atoms with E-state index in [1.165, 1.54) is 0 Å². The molecular formula is C18H18ClN3O2. The zero-order valence-electron chi connectivity index (χ0n) is 13.2. The average Bonchev–Trinajstić information content (AvgIpc) is 3.13. The van der Waals surface area contributed by atoms with Crippen LogP contribution in [0.5, 0.6) is 5.88 Å². The Morgan fingerprint density at radius 2 is 2.04 bits per heavy atom. The molecule has 4 rings (SSSR count). The first-order valence-electron chi connectivity index (χ1n) is 8.01. The third-order valence-electron chi connectivity index (χ3n) is 4.17. The summed E-state index contributed by atoms with van der Waals surface area (Å²) in [7, 11) is 0. The number of hydrogen-bond donors (Lipinski definition) is 1. The molecule has 0 atom stereocenters. The van der Waals surface area contributed by atoms with Crippen molar-refractivity contribution in [3.05, 3.63) is 53.2 Å². The fraction of sp³-hybridized carbons (Fsp3) is 0.278. The maximum Gasteiger partial charge on any atom is 0.215 e. The lowest BCUT2D eigenvalue weighted by molar-refractivity contribution is 0.293. The quantitative estimate of drug-likeness (QED) is 0.786. The summed E-state index contributed by atoms with van der Waals surface area (Å²) in [6.07, 6.45) is 1.64. The minimum Gasteiger partial charge on any atom is -0.473 e. The zero-order valence-corrected chi connectivity index (χ0v) is 13.9. The van der Waals surface area contributed by atoms with E-state index in [1.807, 2.05) is 36.4 Å². The summed E-state index contributed by atoms with van der Waals surface area (Å²) in [6.45, 7) is 4.27. The van der Waals surface area contributed by atoms with Crippen LogP contribution in [0.4, 0.5) is 5.82 Å². The number of benzene rings is 1. The molecule has 24 heavy (non-hydrogen) atoms. The predicted octanol–water partition coefficient (Wildman–Crippen LogP) is 3.47. The van der Waals surface area contributed by atoms with Crippen LogP contribution in [0.1, 0.15) is 5.56 Å². The van der Waals surface area contributed by atoms with E-state index in [0.29, 0.717) is 17.5 Å². The molecule has 1 saturated heterocycles. The second-order valence-electron chi connectivity index (χ2n) is 5.73. The van der Waals surface area contributed by atoms with Gasteiger partial charge in [0.1, 0.15) is 18.0 Å². The summed E-state index contributed by atoms with van der Waals surface area (Å²) in [5.41, 5.74) is 1.72. The second-order valence-corrected chi connectivity index (χ2v) is 6.14. The highest BCUT2D eigenvalue weighted by Crippen LogP contribution is 2.28. The lowest BCUT2D eigenvalue weighted by Gasteiger charge is -2.28. The molecule has 1 aromatic carbocycles. The average molecular weight is 344 g/mol. The van der Waals surface area contributed by atoms with Gasteiger partial charge in [-0.25, -0.2) is 0 Å². The highest BCUT2D eigenvalue weighted by atomic mass is 35.5. The lowest BCUT2D eigenvalue weighted by Crippen LogP contribution is -2.43. The molecule has 1 aliphatic rings. The number of fused-ring (bicyclic) bond motifs is 1. The van der Waals surface area contributed by atoms with E-state index in [4.69, 9.17) is 20.8 Å². The number of nitrogens with zero attached hydrogens (tertiary/aromatic N) is 2. The van der Waals surface area contributed by atoms with Crippen LogP contribution in [0.15, 0.2) is 47.1 Å². The highest BCUT2D eigenvalue weighted by Gasteiger charge is 2.13. The number of furan rings is 1. The largest absolute Gasteiger partial charge is 0.473 e. The van der Waals surface area contributed by atoms with Gasteiger partial charge in [0.05, 0.1) is 11.3 Å². The number of pyridine rings is 1. The predicted molar refractivity (Wildman–Crippen MR) is 94.9 cm³/mol. The number of piperazine rings is 1. The maximum atomic E-state index is 6.17. The van der Waals surface area contributed by atoms with E-state index in [9.17, 15) is 0 Å². The summed E-state index contributed by atoms with van der Waals surface area (Å²) in [6, 6.07) is 11.5. The topological polar surface area (TPSA) is 50.5 Å². The molecule has 1 fully saturated rings. The zero-order chi connectivity index (χ0) is 16.4. The monoisotopic (exact) mass is 343 g/mol. The molecule has 0 saturated carbocycles. The van der Waals surface area contributed by atoms with E-state index in [2.05, 4.69) is 15.2 Å². The van der Waals surface area contributed by atoms with Crippen molar-refractivity contribution >= 4 is 28.4 Å². The van der Waals surface area contributed by atoms with Crippen LogP contribution in [-0.2, 0) is 6.61 Å². The van der Waals surface area contributed by atoms with Crippen molar-refractivity contribution in [2.24, 2.45) is 0 Å². The van der Waals surface area contributed by atoms with Gasteiger partial charge < -0.3 is 19.4 Å². The summed E-state index contributed by atoms with van der Waals surface area (Å²) in [5.74, 6) is 1.56. The molecule has 0 bridgehead atoms. The van der Waals surface area contributed by atoms with Crippen molar-refractivity contribution in [1.29, 1.82) is 0 Å². The molecule has 1 aliphatic heterocycles. The standard InChI is InChI=1S/C18H18ClN3O2/c19-15-5-4-13(18-14(15)6-11-23-18)12-24-17-3-1-2-16(21-17)22-9-7-20-8-10-22/h1-6,11,20H,7-10,12H2. The Labute approximate surface area is 145 Å². The first-order chi connectivity index (χ1) is 11.8. The van der Waals surface area contributed by atoms with Crippen molar-refractivity contribution in [3.63, 3.8) is 0 Å². The Balaban J connectivity index is 1.51. The first-order valence-corrected chi connectivity index (χ1v) is 8.39. The van der Waals surface area contributed by atoms with Crippen molar-refractivity contribution in [2.75, 3.05) is 31.1 Å². The van der Waals surface area contributed by atoms with Crippen molar-refractivity contribution in [3.8, 4) is 5.88 Å². The number of hydrogen-bond acceptors (Lipinski definition) is 5. The van der Waals surface area contributed by atoms with Crippen molar-refractivity contribution < 1.29 is 9.15 Å². The van der Waals surface area contributed by atoms with Gasteiger partial charge in [-0.15, -0.1) is 0 Å². The number of nitrogens with one attached hydrogen (secondary N) is 1. The molecular weight excluding hydrogens is 326 g/mol. The summed E-state index contributed by atoms with van der Waals surface area (Å²) in [5, 5.41) is 4.93. The van der Waals surface area contributed by atoms with Crippen LogP contribution in [0.25, 0.3) is 11.0 Å². The number of anilines is 1.